The lowest BCUT2D eigenvalue weighted by Crippen LogP contribution is -2.47. The molecule has 2 aromatic carbocycles. The summed E-state index contributed by atoms with van der Waals surface area (Å²) < 4.78 is 13.6. The fourth-order valence-electron chi connectivity index (χ4n) is 3.81. The van der Waals surface area contributed by atoms with Crippen molar-refractivity contribution in [3.8, 4) is 11.5 Å². The van der Waals surface area contributed by atoms with Gasteiger partial charge in [0.1, 0.15) is 30.3 Å². The fraction of sp³-hybridized carbons (Fsp3) is 0.400. The third-order valence-corrected chi connectivity index (χ3v) is 5.77. The Hall–Kier alpha value is -2.83. The highest BCUT2D eigenvalue weighted by Crippen LogP contribution is 2.25. The highest BCUT2D eigenvalue weighted by Gasteiger charge is 2.33. The normalized spacial score (nSPS) is 16.2. The van der Waals surface area contributed by atoms with E-state index in [2.05, 4.69) is 29.1 Å². The Balaban J connectivity index is 1.22. The lowest BCUT2D eigenvalue weighted by molar-refractivity contribution is -0.0537. The van der Waals surface area contributed by atoms with Crippen molar-refractivity contribution in [2.24, 2.45) is 0 Å². The van der Waals surface area contributed by atoms with Gasteiger partial charge < -0.3 is 14.6 Å². The first kappa shape index (κ1) is 21.4. The van der Waals surface area contributed by atoms with E-state index in [1.54, 1.807) is 6.20 Å². The van der Waals surface area contributed by atoms with E-state index in [1.807, 2.05) is 53.3 Å². The molecule has 1 saturated heterocycles. The molecule has 1 aliphatic rings. The molecule has 6 nitrogen and oxygen atoms in total. The van der Waals surface area contributed by atoms with Crippen LogP contribution in [-0.2, 0) is 13.1 Å². The van der Waals surface area contributed by atoms with Crippen LogP contribution < -0.4 is 9.47 Å². The van der Waals surface area contributed by atoms with Crippen molar-refractivity contribution in [2.45, 2.75) is 38.5 Å². The van der Waals surface area contributed by atoms with Gasteiger partial charge in [-0.3, -0.25) is 9.58 Å². The number of hydrogen-bond donors (Lipinski definition) is 1. The number of aryl methyl sites for hydroxylation is 1. The van der Waals surface area contributed by atoms with Crippen molar-refractivity contribution < 1.29 is 14.6 Å². The molecule has 1 aliphatic heterocycles. The molecule has 31 heavy (non-hydrogen) atoms. The molecular formula is C25H31N3O3. The van der Waals surface area contributed by atoms with Crippen LogP contribution in [0.3, 0.4) is 0 Å². The minimum absolute atomic E-state index is 0.337. The van der Waals surface area contributed by atoms with Gasteiger partial charge in [0.25, 0.3) is 0 Å². The molecule has 1 aromatic heterocycles. The summed E-state index contributed by atoms with van der Waals surface area (Å²) in [7, 11) is 0. The molecule has 1 N–H and O–H groups in total. The highest BCUT2D eigenvalue weighted by atomic mass is 16.5. The minimum Gasteiger partial charge on any atom is -0.492 e. The Kier molecular flexibility index (Phi) is 6.89. The van der Waals surface area contributed by atoms with E-state index in [0.29, 0.717) is 26.1 Å². The predicted molar refractivity (Wildman–Crippen MR) is 120 cm³/mol. The van der Waals surface area contributed by atoms with Crippen LogP contribution in [0.5, 0.6) is 11.5 Å². The molecule has 3 aromatic rings. The molecule has 0 bridgehead atoms. The van der Waals surface area contributed by atoms with Gasteiger partial charge in [0.15, 0.2) is 0 Å². The Morgan fingerprint density at radius 1 is 1.00 bits per heavy atom. The molecular weight excluding hydrogens is 390 g/mol. The van der Waals surface area contributed by atoms with E-state index in [4.69, 9.17) is 9.47 Å². The molecule has 164 valence electrons. The second kappa shape index (κ2) is 9.98. The van der Waals surface area contributed by atoms with Crippen molar-refractivity contribution in [1.29, 1.82) is 0 Å². The van der Waals surface area contributed by atoms with Crippen LogP contribution in [0.1, 0.15) is 24.0 Å². The average molecular weight is 422 g/mol. The summed E-state index contributed by atoms with van der Waals surface area (Å²) in [4.78, 5) is 2.38. The lowest BCUT2D eigenvalue weighted by Gasteiger charge is -2.38. The number of likely N-dealkylation sites (tertiary alicyclic amines) is 1. The summed E-state index contributed by atoms with van der Waals surface area (Å²) in [5.74, 6) is 1.69. The van der Waals surface area contributed by atoms with Crippen LogP contribution in [0.15, 0.2) is 67.0 Å². The van der Waals surface area contributed by atoms with Crippen LogP contribution in [0.25, 0.3) is 0 Å². The average Bonchev–Trinajstić information content (AvgIpc) is 3.29. The van der Waals surface area contributed by atoms with Gasteiger partial charge in [0, 0.05) is 32.0 Å². The predicted octanol–water partition coefficient (Wildman–Crippen LogP) is 3.68. The van der Waals surface area contributed by atoms with Crippen LogP contribution >= 0.6 is 0 Å². The quantitative estimate of drug-likeness (QED) is 0.571. The topological polar surface area (TPSA) is 59.8 Å². The van der Waals surface area contributed by atoms with Gasteiger partial charge in [-0.05, 0) is 55.7 Å². The zero-order chi connectivity index (χ0) is 21.5. The number of hydrogen-bond acceptors (Lipinski definition) is 5. The van der Waals surface area contributed by atoms with Gasteiger partial charge in [-0.2, -0.15) is 5.10 Å². The number of nitrogens with zero attached hydrogens (tertiary/aromatic N) is 3. The van der Waals surface area contributed by atoms with E-state index in [-0.39, 0.29) is 0 Å². The first-order valence-corrected chi connectivity index (χ1v) is 10.9. The van der Waals surface area contributed by atoms with Crippen LogP contribution in [0.2, 0.25) is 0 Å². The van der Waals surface area contributed by atoms with Gasteiger partial charge in [0.05, 0.1) is 6.54 Å². The van der Waals surface area contributed by atoms with E-state index in [9.17, 15) is 5.11 Å². The van der Waals surface area contributed by atoms with Crippen LogP contribution in [-0.4, -0.2) is 51.7 Å². The largest absolute Gasteiger partial charge is 0.492 e. The molecule has 2 heterocycles. The molecule has 0 spiro atoms. The zero-order valence-corrected chi connectivity index (χ0v) is 18.1. The summed E-state index contributed by atoms with van der Waals surface area (Å²) in [6, 6.07) is 18.1. The second-order valence-corrected chi connectivity index (χ2v) is 8.37. The molecule has 0 saturated carbocycles. The zero-order valence-electron chi connectivity index (χ0n) is 18.1. The van der Waals surface area contributed by atoms with Crippen molar-refractivity contribution >= 4 is 0 Å². The molecule has 0 amide bonds. The van der Waals surface area contributed by atoms with Crippen LogP contribution in [0.4, 0.5) is 0 Å². The van der Waals surface area contributed by atoms with E-state index in [1.165, 1.54) is 11.1 Å². The van der Waals surface area contributed by atoms with Gasteiger partial charge in [-0.25, -0.2) is 0 Å². The van der Waals surface area contributed by atoms with Crippen LogP contribution in [0, 0.1) is 6.92 Å². The highest BCUT2D eigenvalue weighted by molar-refractivity contribution is 5.28. The SMILES string of the molecule is Cc1ccc(OCC2(O)CCN(Cc3cccc(OCCn4cccn4)c3)CC2)cc1. The standard InChI is InChI=1S/C25H31N3O3/c1-21-6-8-23(9-7-21)31-20-25(29)10-14-27(15-11-25)19-22-4-2-5-24(18-22)30-17-16-28-13-3-12-26-28/h2-9,12-13,18,29H,10-11,14-17,19-20H2,1H3. The third kappa shape index (κ3) is 6.32. The van der Waals surface area contributed by atoms with Gasteiger partial charge in [-0.1, -0.05) is 29.8 Å². The van der Waals surface area contributed by atoms with E-state index >= 15 is 0 Å². The Bertz CT molecular complexity index is 933. The summed E-state index contributed by atoms with van der Waals surface area (Å²) in [6.45, 7) is 6.25. The molecule has 0 radical (unpaired) electrons. The number of ether oxygens (including phenoxy) is 2. The Labute approximate surface area is 184 Å². The summed E-state index contributed by atoms with van der Waals surface area (Å²) in [5.41, 5.74) is 1.66. The second-order valence-electron chi connectivity index (χ2n) is 8.37. The molecule has 1 fully saturated rings. The number of benzene rings is 2. The van der Waals surface area contributed by atoms with Crippen molar-refractivity contribution in [3.63, 3.8) is 0 Å². The summed E-state index contributed by atoms with van der Waals surface area (Å²) >= 11 is 0. The minimum atomic E-state index is -0.765. The summed E-state index contributed by atoms with van der Waals surface area (Å²) in [6.07, 6.45) is 5.12. The van der Waals surface area contributed by atoms with E-state index < -0.39 is 5.60 Å². The van der Waals surface area contributed by atoms with E-state index in [0.717, 1.165) is 37.7 Å². The maximum atomic E-state index is 10.9. The third-order valence-electron chi connectivity index (χ3n) is 5.77. The summed E-state index contributed by atoms with van der Waals surface area (Å²) in [5, 5.41) is 15.1. The number of rotatable bonds is 9. The first-order chi connectivity index (χ1) is 15.1. The molecule has 6 heteroatoms. The maximum absolute atomic E-state index is 10.9. The van der Waals surface area contributed by atoms with Gasteiger partial charge >= 0.3 is 0 Å². The smallest absolute Gasteiger partial charge is 0.119 e. The number of piperidine rings is 1. The monoisotopic (exact) mass is 421 g/mol. The van der Waals surface area contributed by atoms with Gasteiger partial charge in [0.2, 0.25) is 0 Å². The maximum Gasteiger partial charge on any atom is 0.119 e. The van der Waals surface area contributed by atoms with Gasteiger partial charge in [-0.15, -0.1) is 0 Å². The Morgan fingerprint density at radius 3 is 2.55 bits per heavy atom. The van der Waals surface area contributed by atoms with Crippen molar-refractivity contribution in [2.75, 3.05) is 26.3 Å². The van der Waals surface area contributed by atoms with Crippen molar-refractivity contribution in [3.05, 3.63) is 78.1 Å². The lowest BCUT2D eigenvalue weighted by atomic mass is 9.92. The first-order valence-electron chi connectivity index (χ1n) is 10.9. The molecule has 0 aliphatic carbocycles. The molecule has 0 atom stereocenters. The molecule has 0 unspecified atom stereocenters. The molecule has 4 rings (SSSR count). The number of aromatic nitrogens is 2. The number of aliphatic hydroxyl groups is 1. The Morgan fingerprint density at radius 2 is 1.81 bits per heavy atom. The van der Waals surface area contributed by atoms with Crippen molar-refractivity contribution in [1.82, 2.24) is 14.7 Å². The fourth-order valence-corrected chi connectivity index (χ4v) is 3.81.